The van der Waals surface area contributed by atoms with Crippen molar-refractivity contribution >= 4 is 28.3 Å². The monoisotopic (exact) mass is 359 g/mol. The van der Waals surface area contributed by atoms with Gasteiger partial charge in [-0.05, 0) is 44.6 Å². The average Bonchev–Trinajstić information content (AvgIpc) is 2.33. The van der Waals surface area contributed by atoms with Crippen molar-refractivity contribution in [3.63, 3.8) is 0 Å². The summed E-state index contributed by atoms with van der Waals surface area (Å²) in [5, 5.41) is 12.2. The molecule has 2 nitrogen and oxygen atoms in total. The molecule has 0 fully saturated rings. The molecular weight excluding hydrogens is 337 g/mol. The molecule has 2 atom stereocenters. The lowest BCUT2D eigenvalue weighted by Crippen LogP contribution is -2.25. The Hall–Kier alpha value is -0.580. The standard InChI is InChI=1S/C15H22INO/c1-11-5-7-12(2)15(4,16)10-9-14(8-6-11)13(3)17-18/h6,8-9,12,18H,1,5,7,10H2,2-4H3/b8-6-,14-9+,17-13-. The lowest BCUT2D eigenvalue weighted by molar-refractivity contribution is 0.319. The molecule has 18 heavy (non-hydrogen) atoms. The first-order chi connectivity index (χ1) is 8.36. The molecule has 0 aromatic heterocycles. The fourth-order valence-electron chi connectivity index (χ4n) is 1.90. The summed E-state index contributed by atoms with van der Waals surface area (Å²) in [5.74, 6) is 0.630. The molecular formula is C15H22INO. The third-order valence-electron chi connectivity index (χ3n) is 3.71. The quantitative estimate of drug-likeness (QED) is 0.234. The van der Waals surface area contributed by atoms with Crippen LogP contribution in [-0.2, 0) is 0 Å². The molecule has 1 aliphatic carbocycles. The molecule has 2 unspecified atom stereocenters. The van der Waals surface area contributed by atoms with Crippen LogP contribution >= 0.6 is 22.6 Å². The normalized spacial score (nSPS) is 35.8. The molecule has 0 radical (unpaired) electrons. The Morgan fingerprint density at radius 1 is 1.56 bits per heavy atom. The van der Waals surface area contributed by atoms with E-state index in [1.165, 1.54) is 6.42 Å². The van der Waals surface area contributed by atoms with Gasteiger partial charge in [0, 0.05) is 3.42 Å². The smallest absolute Gasteiger partial charge is 0.0833 e. The Balaban J connectivity index is 3.07. The molecule has 0 saturated heterocycles. The predicted molar refractivity (Wildman–Crippen MR) is 86.7 cm³/mol. The zero-order valence-electron chi connectivity index (χ0n) is 11.4. The third kappa shape index (κ3) is 4.26. The molecule has 0 aromatic carbocycles. The van der Waals surface area contributed by atoms with Crippen LogP contribution in [0.3, 0.4) is 0 Å². The zero-order chi connectivity index (χ0) is 13.8. The van der Waals surface area contributed by atoms with Crippen molar-refractivity contribution in [1.29, 1.82) is 0 Å². The van der Waals surface area contributed by atoms with Gasteiger partial charge in [-0.2, -0.15) is 0 Å². The van der Waals surface area contributed by atoms with Crippen molar-refractivity contribution in [2.24, 2.45) is 11.1 Å². The first-order valence-electron chi connectivity index (χ1n) is 6.31. The molecule has 0 spiro atoms. The molecule has 1 rings (SSSR count). The second-order valence-electron chi connectivity index (χ2n) is 5.26. The first-order valence-corrected chi connectivity index (χ1v) is 7.38. The number of alkyl halides is 1. The SMILES string of the molecule is C=C1\C=C/C(C(/C)=N\O)=C\CC(C)(I)C(C)CC1. The molecule has 0 saturated carbocycles. The Labute approximate surface area is 124 Å². The van der Waals surface area contributed by atoms with Gasteiger partial charge in [-0.3, -0.25) is 0 Å². The maximum Gasteiger partial charge on any atom is 0.0833 e. The van der Waals surface area contributed by atoms with Crippen molar-refractivity contribution < 1.29 is 5.21 Å². The number of oxime groups is 1. The van der Waals surface area contributed by atoms with Crippen LogP contribution in [0.25, 0.3) is 0 Å². The van der Waals surface area contributed by atoms with Crippen LogP contribution in [0.1, 0.15) is 40.0 Å². The highest BCUT2D eigenvalue weighted by Crippen LogP contribution is 2.36. The molecule has 0 bridgehead atoms. The molecule has 1 aliphatic rings. The minimum absolute atomic E-state index is 0.226. The predicted octanol–water partition coefficient (Wildman–Crippen LogP) is 4.89. The van der Waals surface area contributed by atoms with Crippen molar-refractivity contribution in [3.05, 3.63) is 36.0 Å². The zero-order valence-corrected chi connectivity index (χ0v) is 13.6. The van der Waals surface area contributed by atoms with Gasteiger partial charge in [0.15, 0.2) is 0 Å². The molecule has 0 heterocycles. The van der Waals surface area contributed by atoms with Gasteiger partial charge in [-0.1, -0.05) is 65.1 Å². The number of hydrogen-bond acceptors (Lipinski definition) is 2. The van der Waals surface area contributed by atoms with E-state index in [4.69, 9.17) is 5.21 Å². The van der Waals surface area contributed by atoms with Crippen LogP contribution in [0.2, 0.25) is 0 Å². The van der Waals surface area contributed by atoms with Crippen LogP contribution in [-0.4, -0.2) is 14.3 Å². The summed E-state index contributed by atoms with van der Waals surface area (Å²) in [6, 6.07) is 0. The molecule has 100 valence electrons. The summed E-state index contributed by atoms with van der Waals surface area (Å²) >= 11 is 2.54. The van der Waals surface area contributed by atoms with Crippen LogP contribution in [0.5, 0.6) is 0 Å². The molecule has 0 amide bonds. The van der Waals surface area contributed by atoms with Crippen molar-refractivity contribution in [3.8, 4) is 0 Å². The summed E-state index contributed by atoms with van der Waals surface area (Å²) < 4.78 is 0.226. The van der Waals surface area contributed by atoms with Gasteiger partial charge in [-0.25, -0.2) is 0 Å². The van der Waals surface area contributed by atoms with Crippen LogP contribution in [0, 0.1) is 5.92 Å². The van der Waals surface area contributed by atoms with Gasteiger partial charge >= 0.3 is 0 Å². The Bertz CT molecular complexity index is 405. The Kier molecular flexibility index (Phi) is 5.63. The van der Waals surface area contributed by atoms with Gasteiger partial charge in [0.05, 0.1) is 5.71 Å². The van der Waals surface area contributed by atoms with Crippen molar-refractivity contribution in [2.75, 3.05) is 0 Å². The fraction of sp³-hybridized carbons (Fsp3) is 0.533. The van der Waals surface area contributed by atoms with E-state index in [9.17, 15) is 0 Å². The minimum atomic E-state index is 0.226. The van der Waals surface area contributed by atoms with E-state index in [0.29, 0.717) is 11.6 Å². The van der Waals surface area contributed by atoms with Gasteiger partial charge in [0.1, 0.15) is 0 Å². The summed E-state index contributed by atoms with van der Waals surface area (Å²) in [4.78, 5) is 0. The number of halogens is 1. The van der Waals surface area contributed by atoms with Gasteiger partial charge in [-0.15, -0.1) is 0 Å². The highest BCUT2D eigenvalue weighted by atomic mass is 127. The van der Waals surface area contributed by atoms with Gasteiger partial charge in [0.2, 0.25) is 0 Å². The van der Waals surface area contributed by atoms with Crippen LogP contribution in [0.4, 0.5) is 0 Å². The lowest BCUT2D eigenvalue weighted by atomic mass is 9.86. The number of nitrogens with zero attached hydrogens (tertiary/aromatic N) is 1. The Morgan fingerprint density at radius 2 is 2.22 bits per heavy atom. The van der Waals surface area contributed by atoms with E-state index in [2.05, 4.69) is 54.2 Å². The van der Waals surface area contributed by atoms with Gasteiger partial charge < -0.3 is 5.21 Å². The van der Waals surface area contributed by atoms with Crippen molar-refractivity contribution in [2.45, 2.75) is 43.5 Å². The lowest BCUT2D eigenvalue weighted by Gasteiger charge is -2.29. The number of rotatable bonds is 1. The second-order valence-corrected chi connectivity index (χ2v) is 7.72. The molecule has 0 aliphatic heterocycles. The molecule has 0 aromatic rings. The third-order valence-corrected chi connectivity index (χ3v) is 5.22. The summed E-state index contributed by atoms with van der Waals surface area (Å²) in [7, 11) is 0. The van der Waals surface area contributed by atoms with E-state index in [1.54, 1.807) is 0 Å². The first kappa shape index (κ1) is 15.5. The van der Waals surface area contributed by atoms with E-state index >= 15 is 0 Å². The van der Waals surface area contributed by atoms with E-state index in [1.807, 2.05) is 19.1 Å². The summed E-state index contributed by atoms with van der Waals surface area (Å²) in [5.41, 5.74) is 2.77. The second kappa shape index (κ2) is 6.55. The fourth-order valence-corrected chi connectivity index (χ4v) is 2.43. The number of allylic oxidation sites excluding steroid dienone is 5. The maximum absolute atomic E-state index is 8.91. The maximum atomic E-state index is 8.91. The Morgan fingerprint density at radius 3 is 2.83 bits per heavy atom. The highest BCUT2D eigenvalue weighted by molar-refractivity contribution is 14.1. The van der Waals surface area contributed by atoms with Gasteiger partial charge in [0.25, 0.3) is 0 Å². The topological polar surface area (TPSA) is 32.6 Å². The van der Waals surface area contributed by atoms with E-state index < -0.39 is 0 Å². The highest BCUT2D eigenvalue weighted by Gasteiger charge is 2.27. The summed E-state index contributed by atoms with van der Waals surface area (Å²) in [6.07, 6.45) is 9.36. The molecule has 3 heteroatoms. The van der Waals surface area contributed by atoms with E-state index in [0.717, 1.165) is 24.0 Å². The molecule has 1 N–H and O–H groups in total. The minimum Gasteiger partial charge on any atom is -0.411 e. The largest absolute Gasteiger partial charge is 0.411 e. The number of hydrogen-bond donors (Lipinski definition) is 1. The summed E-state index contributed by atoms with van der Waals surface area (Å²) in [6.45, 7) is 10.5. The van der Waals surface area contributed by atoms with Crippen LogP contribution < -0.4 is 0 Å². The van der Waals surface area contributed by atoms with Crippen LogP contribution in [0.15, 0.2) is 41.1 Å². The van der Waals surface area contributed by atoms with E-state index in [-0.39, 0.29) is 3.42 Å². The average molecular weight is 359 g/mol. The van der Waals surface area contributed by atoms with Crippen molar-refractivity contribution in [1.82, 2.24) is 0 Å².